The predicted molar refractivity (Wildman–Crippen MR) is 95.5 cm³/mol. The monoisotopic (exact) mass is 357 g/mol. The Kier molecular flexibility index (Phi) is 4.88. The number of hydrogen-bond donors (Lipinski definition) is 1. The van der Waals surface area contributed by atoms with Gasteiger partial charge in [0.05, 0.1) is 12.2 Å². The van der Waals surface area contributed by atoms with Crippen LogP contribution in [0.2, 0.25) is 0 Å². The van der Waals surface area contributed by atoms with E-state index < -0.39 is 6.04 Å². The van der Waals surface area contributed by atoms with Gasteiger partial charge in [0.1, 0.15) is 11.9 Å². The van der Waals surface area contributed by atoms with Crippen molar-refractivity contribution >= 4 is 17.8 Å². The van der Waals surface area contributed by atoms with Crippen LogP contribution in [0.5, 0.6) is 0 Å². The zero-order chi connectivity index (χ0) is 18.8. The first kappa shape index (κ1) is 17.8. The van der Waals surface area contributed by atoms with Crippen molar-refractivity contribution in [2.75, 3.05) is 19.0 Å². The molecule has 3 heterocycles. The van der Waals surface area contributed by atoms with Crippen molar-refractivity contribution < 1.29 is 9.59 Å². The van der Waals surface area contributed by atoms with Gasteiger partial charge >= 0.3 is 6.03 Å². The van der Waals surface area contributed by atoms with Crippen LogP contribution < -0.4 is 10.2 Å². The molecule has 3 rings (SSSR count). The maximum Gasteiger partial charge on any atom is 0.325 e. The van der Waals surface area contributed by atoms with Crippen LogP contribution in [0.3, 0.4) is 0 Å². The van der Waals surface area contributed by atoms with Crippen LogP contribution in [0.15, 0.2) is 24.5 Å². The second-order valence-electron chi connectivity index (χ2n) is 6.83. The molecule has 0 spiro atoms. The molecule has 1 atom stereocenters. The number of rotatable bonds is 6. The van der Waals surface area contributed by atoms with Gasteiger partial charge < -0.3 is 10.2 Å². The highest BCUT2D eigenvalue weighted by Gasteiger charge is 2.38. The number of pyridine rings is 1. The van der Waals surface area contributed by atoms with Crippen LogP contribution in [-0.2, 0) is 17.8 Å². The van der Waals surface area contributed by atoms with Gasteiger partial charge in [0.15, 0.2) is 0 Å². The molecule has 0 aliphatic carbocycles. The molecule has 2 aromatic heterocycles. The number of hydrogen-bond acceptors (Lipinski definition) is 6. The second-order valence-corrected chi connectivity index (χ2v) is 6.83. The Morgan fingerprint density at radius 3 is 2.73 bits per heavy atom. The number of urea groups is 1. The van der Waals surface area contributed by atoms with Crippen molar-refractivity contribution in [2.24, 2.45) is 0 Å². The fraction of sp³-hybridized carbons (Fsp3) is 0.471. The van der Waals surface area contributed by atoms with Crippen LogP contribution in [0.25, 0.3) is 0 Å². The summed E-state index contributed by atoms with van der Waals surface area (Å²) in [5, 5.41) is 10.8. The molecule has 26 heavy (non-hydrogen) atoms. The number of nitrogens with zero attached hydrogens (tertiary/aromatic N) is 6. The number of aromatic nitrogens is 4. The third-order valence-electron chi connectivity index (χ3n) is 4.22. The van der Waals surface area contributed by atoms with Crippen molar-refractivity contribution in [1.82, 2.24) is 30.2 Å². The molecule has 0 bridgehead atoms. The van der Waals surface area contributed by atoms with Gasteiger partial charge in [0, 0.05) is 39.0 Å². The lowest BCUT2D eigenvalue weighted by atomic mass is 10.1. The molecule has 0 saturated carbocycles. The summed E-state index contributed by atoms with van der Waals surface area (Å²) in [6, 6.07) is 2.85. The van der Waals surface area contributed by atoms with Crippen LogP contribution >= 0.6 is 0 Å². The van der Waals surface area contributed by atoms with Crippen molar-refractivity contribution in [3.05, 3.63) is 35.8 Å². The lowest BCUT2D eigenvalue weighted by molar-refractivity contribution is -0.127. The van der Waals surface area contributed by atoms with Crippen molar-refractivity contribution in [2.45, 2.75) is 38.9 Å². The molecule has 1 N–H and O–H groups in total. The summed E-state index contributed by atoms with van der Waals surface area (Å²) in [5.41, 5.74) is 1.52. The van der Waals surface area contributed by atoms with Crippen molar-refractivity contribution in [3.8, 4) is 0 Å². The van der Waals surface area contributed by atoms with E-state index in [2.05, 4.69) is 20.6 Å². The predicted octanol–water partition coefficient (Wildman–Crippen LogP) is 0.983. The van der Waals surface area contributed by atoms with E-state index in [0.29, 0.717) is 12.1 Å². The number of carbonyl (C=O) groups is 2. The Hall–Kier alpha value is -2.97. The van der Waals surface area contributed by atoms with Gasteiger partial charge in [0.25, 0.3) is 5.91 Å². The van der Waals surface area contributed by atoms with E-state index in [1.54, 1.807) is 23.1 Å². The highest BCUT2D eigenvalue weighted by atomic mass is 16.2. The molecule has 1 unspecified atom stereocenters. The molecule has 9 nitrogen and oxygen atoms in total. The summed E-state index contributed by atoms with van der Waals surface area (Å²) in [7, 11) is 3.78. The Balaban J connectivity index is 1.69. The molecule has 0 aromatic carbocycles. The van der Waals surface area contributed by atoms with Gasteiger partial charge in [-0.25, -0.2) is 14.5 Å². The van der Waals surface area contributed by atoms with E-state index in [4.69, 9.17) is 0 Å². The summed E-state index contributed by atoms with van der Waals surface area (Å²) >= 11 is 0. The lowest BCUT2D eigenvalue weighted by Crippen LogP contribution is -2.32. The SMILES string of the molecule is CC(C)n1cc(CC2NC(=O)N(Cc3ccnc(N(C)C)c3)C2=O)nn1. The van der Waals surface area contributed by atoms with Gasteiger partial charge in [-0.05, 0) is 31.5 Å². The van der Waals surface area contributed by atoms with Crippen LogP contribution in [0.4, 0.5) is 10.6 Å². The van der Waals surface area contributed by atoms with Crippen LogP contribution in [0, 0.1) is 0 Å². The molecular weight excluding hydrogens is 334 g/mol. The largest absolute Gasteiger partial charge is 0.363 e. The third-order valence-corrected chi connectivity index (χ3v) is 4.22. The first-order valence-electron chi connectivity index (χ1n) is 8.50. The average Bonchev–Trinajstić information content (AvgIpc) is 3.16. The molecule has 3 amide bonds. The van der Waals surface area contributed by atoms with Gasteiger partial charge in [-0.2, -0.15) is 0 Å². The fourth-order valence-electron chi connectivity index (χ4n) is 2.72. The Bertz CT molecular complexity index is 815. The minimum Gasteiger partial charge on any atom is -0.363 e. The van der Waals surface area contributed by atoms with Crippen LogP contribution in [-0.4, -0.2) is 57.0 Å². The second kappa shape index (κ2) is 7.11. The van der Waals surface area contributed by atoms with Crippen LogP contribution in [0.1, 0.15) is 31.1 Å². The summed E-state index contributed by atoms with van der Waals surface area (Å²) in [6.07, 6.45) is 3.80. The summed E-state index contributed by atoms with van der Waals surface area (Å²) in [5.74, 6) is 0.522. The van der Waals surface area contributed by atoms with E-state index in [9.17, 15) is 9.59 Å². The van der Waals surface area contributed by atoms with Gasteiger partial charge in [-0.3, -0.25) is 9.69 Å². The highest BCUT2D eigenvalue weighted by Crippen LogP contribution is 2.17. The minimum absolute atomic E-state index is 0.194. The molecule has 2 aromatic rings. The van der Waals surface area contributed by atoms with E-state index in [-0.39, 0.29) is 24.5 Å². The fourth-order valence-corrected chi connectivity index (χ4v) is 2.72. The maximum atomic E-state index is 12.6. The number of amides is 3. The quantitative estimate of drug-likeness (QED) is 0.774. The number of carbonyl (C=O) groups excluding carboxylic acids is 2. The third kappa shape index (κ3) is 3.66. The first-order chi connectivity index (χ1) is 12.3. The maximum absolute atomic E-state index is 12.6. The van der Waals surface area contributed by atoms with Gasteiger partial charge in [0.2, 0.25) is 0 Å². The smallest absolute Gasteiger partial charge is 0.325 e. The van der Waals surface area contributed by atoms with E-state index in [1.807, 2.05) is 38.9 Å². The topological polar surface area (TPSA) is 96.2 Å². The molecular formula is C17H23N7O2. The van der Waals surface area contributed by atoms with E-state index in [1.165, 1.54) is 4.90 Å². The lowest BCUT2D eigenvalue weighted by Gasteiger charge is -2.15. The molecule has 138 valence electrons. The minimum atomic E-state index is -0.616. The van der Waals surface area contributed by atoms with Crippen molar-refractivity contribution in [1.29, 1.82) is 0 Å². The molecule has 1 aliphatic rings. The Morgan fingerprint density at radius 2 is 2.08 bits per heavy atom. The number of imide groups is 1. The molecule has 1 saturated heterocycles. The molecule has 9 heteroatoms. The summed E-state index contributed by atoms with van der Waals surface area (Å²) < 4.78 is 1.73. The number of nitrogens with one attached hydrogen (secondary N) is 1. The Morgan fingerprint density at radius 1 is 1.31 bits per heavy atom. The van der Waals surface area contributed by atoms with Gasteiger partial charge in [-0.1, -0.05) is 5.21 Å². The Labute approximate surface area is 152 Å². The first-order valence-corrected chi connectivity index (χ1v) is 8.50. The molecule has 1 aliphatic heterocycles. The molecule has 1 fully saturated rings. The average molecular weight is 357 g/mol. The highest BCUT2D eigenvalue weighted by molar-refractivity contribution is 6.04. The normalized spacial score (nSPS) is 17.1. The van der Waals surface area contributed by atoms with Crippen molar-refractivity contribution in [3.63, 3.8) is 0 Å². The van der Waals surface area contributed by atoms with E-state index in [0.717, 1.165) is 11.4 Å². The zero-order valence-electron chi connectivity index (χ0n) is 15.4. The molecule has 0 radical (unpaired) electrons. The standard InChI is InChI=1S/C17H23N7O2/c1-11(2)24-10-13(20-21-24)8-14-16(25)23(17(26)19-14)9-12-5-6-18-15(7-12)22(3)4/h5-7,10-11,14H,8-9H2,1-4H3,(H,19,26). The van der Waals surface area contributed by atoms with E-state index >= 15 is 0 Å². The van der Waals surface area contributed by atoms with Gasteiger partial charge in [-0.15, -0.1) is 5.10 Å². The summed E-state index contributed by atoms with van der Waals surface area (Å²) in [6.45, 7) is 4.21. The zero-order valence-corrected chi connectivity index (χ0v) is 15.4. The number of anilines is 1. The summed E-state index contributed by atoms with van der Waals surface area (Å²) in [4.78, 5) is 32.2.